The highest BCUT2D eigenvalue weighted by molar-refractivity contribution is 6.10. The van der Waals surface area contributed by atoms with Gasteiger partial charge in [-0.05, 0) is 12.1 Å². The lowest BCUT2D eigenvalue weighted by Crippen LogP contribution is -2.09. The average molecular weight is 290 g/mol. The number of hydrogen-bond donors (Lipinski definition) is 2. The highest BCUT2D eigenvalue weighted by Gasteiger charge is 2.20. The second-order valence-electron chi connectivity index (χ2n) is 3.68. The number of nitriles is 2. The lowest BCUT2D eigenvalue weighted by molar-refractivity contribution is -0.105. The van der Waals surface area contributed by atoms with E-state index in [1.165, 1.54) is 27.4 Å². The van der Waals surface area contributed by atoms with E-state index in [1.54, 1.807) is 18.2 Å². The molecule has 0 aliphatic rings. The SMILES string of the molecule is COc1c(O)ccc(C(OC)OC)c1NN=C(C#N)C#N. The standard InChI is InChI=1S/C13H14N4O4/c1-19-12-10(18)5-4-9(13(20-2)21-3)11(12)17-16-8(6-14)7-15/h4-5,13,17-18H,1-3H3. The van der Waals surface area contributed by atoms with Crippen molar-refractivity contribution in [3.05, 3.63) is 17.7 Å². The number of hydrogen-bond acceptors (Lipinski definition) is 8. The van der Waals surface area contributed by atoms with Crippen molar-refractivity contribution in [2.75, 3.05) is 26.8 Å². The largest absolute Gasteiger partial charge is 0.504 e. The van der Waals surface area contributed by atoms with Crippen LogP contribution in [-0.4, -0.2) is 32.1 Å². The fraction of sp³-hybridized carbons (Fsp3) is 0.308. The number of rotatable bonds is 6. The van der Waals surface area contributed by atoms with Crippen molar-refractivity contribution < 1.29 is 19.3 Å². The zero-order valence-corrected chi connectivity index (χ0v) is 11.7. The minimum absolute atomic E-state index is 0.0885. The fourth-order valence-corrected chi connectivity index (χ4v) is 1.64. The van der Waals surface area contributed by atoms with E-state index in [1.807, 2.05) is 0 Å². The van der Waals surface area contributed by atoms with Gasteiger partial charge in [-0.3, -0.25) is 5.43 Å². The Morgan fingerprint density at radius 3 is 2.33 bits per heavy atom. The number of methoxy groups -OCH3 is 3. The summed E-state index contributed by atoms with van der Waals surface area (Å²) in [7, 11) is 4.24. The Balaban J connectivity index is 3.38. The minimum atomic E-state index is -0.746. The summed E-state index contributed by atoms with van der Waals surface area (Å²) < 4.78 is 15.4. The topological polar surface area (TPSA) is 120 Å². The summed E-state index contributed by atoms with van der Waals surface area (Å²) in [6.45, 7) is 0. The van der Waals surface area contributed by atoms with Crippen molar-refractivity contribution in [2.24, 2.45) is 5.10 Å². The smallest absolute Gasteiger partial charge is 0.237 e. The molecule has 2 N–H and O–H groups in total. The third-order valence-electron chi connectivity index (χ3n) is 2.55. The first-order chi connectivity index (χ1) is 10.1. The predicted octanol–water partition coefficient (Wildman–Crippen LogP) is 1.51. The van der Waals surface area contributed by atoms with Crippen molar-refractivity contribution in [1.29, 1.82) is 10.5 Å². The molecule has 1 rings (SSSR count). The molecule has 0 spiro atoms. The summed E-state index contributed by atoms with van der Waals surface area (Å²) in [4.78, 5) is 0. The molecule has 0 fully saturated rings. The Kier molecular flexibility index (Phi) is 5.96. The summed E-state index contributed by atoms with van der Waals surface area (Å²) in [6.07, 6.45) is -0.746. The van der Waals surface area contributed by atoms with E-state index in [2.05, 4.69) is 10.5 Å². The molecule has 0 saturated carbocycles. The minimum Gasteiger partial charge on any atom is -0.504 e. The van der Waals surface area contributed by atoms with E-state index >= 15 is 0 Å². The van der Waals surface area contributed by atoms with Gasteiger partial charge in [0.15, 0.2) is 17.8 Å². The molecular weight excluding hydrogens is 276 g/mol. The zero-order chi connectivity index (χ0) is 15.8. The first kappa shape index (κ1) is 16.2. The normalized spacial score (nSPS) is 9.62. The molecule has 0 saturated heterocycles. The van der Waals surface area contributed by atoms with Crippen LogP contribution in [0.4, 0.5) is 5.69 Å². The van der Waals surface area contributed by atoms with Crippen LogP contribution >= 0.6 is 0 Å². The van der Waals surface area contributed by atoms with Crippen LogP contribution in [0.1, 0.15) is 11.9 Å². The summed E-state index contributed by atoms with van der Waals surface area (Å²) in [6, 6.07) is 6.18. The van der Waals surface area contributed by atoms with Crippen molar-refractivity contribution in [1.82, 2.24) is 0 Å². The van der Waals surface area contributed by atoms with Crippen molar-refractivity contribution in [2.45, 2.75) is 6.29 Å². The van der Waals surface area contributed by atoms with Crippen LogP contribution in [0.5, 0.6) is 11.5 Å². The van der Waals surface area contributed by atoms with Gasteiger partial charge in [0.2, 0.25) is 5.71 Å². The first-order valence-corrected chi connectivity index (χ1v) is 5.72. The molecule has 0 heterocycles. The van der Waals surface area contributed by atoms with Gasteiger partial charge in [0.05, 0.1) is 7.11 Å². The molecule has 8 heteroatoms. The van der Waals surface area contributed by atoms with Crippen LogP contribution in [0.3, 0.4) is 0 Å². The fourth-order valence-electron chi connectivity index (χ4n) is 1.64. The van der Waals surface area contributed by atoms with Crippen LogP contribution in [0, 0.1) is 22.7 Å². The van der Waals surface area contributed by atoms with E-state index in [0.717, 1.165) is 0 Å². The lowest BCUT2D eigenvalue weighted by atomic mass is 10.1. The summed E-state index contributed by atoms with van der Waals surface area (Å²) in [5.74, 6) is -0.0500. The number of nitrogens with one attached hydrogen (secondary N) is 1. The van der Waals surface area contributed by atoms with E-state index in [-0.39, 0.29) is 22.9 Å². The molecule has 0 bridgehead atoms. The van der Waals surface area contributed by atoms with Gasteiger partial charge in [0, 0.05) is 19.8 Å². The van der Waals surface area contributed by atoms with Gasteiger partial charge < -0.3 is 19.3 Å². The molecule has 110 valence electrons. The van der Waals surface area contributed by atoms with E-state index < -0.39 is 6.29 Å². The number of phenols is 1. The Morgan fingerprint density at radius 2 is 1.86 bits per heavy atom. The molecule has 0 radical (unpaired) electrons. The monoisotopic (exact) mass is 290 g/mol. The number of aromatic hydroxyl groups is 1. The van der Waals surface area contributed by atoms with Crippen molar-refractivity contribution in [3.8, 4) is 23.6 Å². The first-order valence-electron chi connectivity index (χ1n) is 5.72. The summed E-state index contributed by atoms with van der Waals surface area (Å²) >= 11 is 0. The van der Waals surface area contributed by atoms with Gasteiger partial charge in [-0.25, -0.2) is 0 Å². The quantitative estimate of drug-likeness (QED) is 0.462. The predicted molar refractivity (Wildman–Crippen MR) is 73.7 cm³/mol. The van der Waals surface area contributed by atoms with E-state index in [0.29, 0.717) is 5.56 Å². The van der Waals surface area contributed by atoms with Crippen LogP contribution in [0.25, 0.3) is 0 Å². The van der Waals surface area contributed by atoms with E-state index in [9.17, 15) is 5.11 Å². The Morgan fingerprint density at radius 1 is 1.24 bits per heavy atom. The third kappa shape index (κ3) is 3.60. The molecule has 0 unspecified atom stereocenters. The highest BCUT2D eigenvalue weighted by Crippen LogP contribution is 2.40. The average Bonchev–Trinajstić information content (AvgIpc) is 2.51. The molecule has 0 aliphatic heterocycles. The zero-order valence-electron chi connectivity index (χ0n) is 11.7. The van der Waals surface area contributed by atoms with Gasteiger partial charge in [-0.2, -0.15) is 15.6 Å². The molecule has 0 aliphatic carbocycles. The van der Waals surface area contributed by atoms with Gasteiger partial charge in [-0.15, -0.1) is 0 Å². The third-order valence-corrected chi connectivity index (χ3v) is 2.55. The number of ether oxygens (including phenoxy) is 3. The van der Waals surface area contributed by atoms with Crippen molar-refractivity contribution >= 4 is 11.4 Å². The summed E-state index contributed by atoms with van der Waals surface area (Å²) in [5.41, 5.74) is 2.86. The maximum Gasteiger partial charge on any atom is 0.237 e. The van der Waals surface area contributed by atoms with Crippen LogP contribution in [0.2, 0.25) is 0 Å². The summed E-state index contributed by atoms with van der Waals surface area (Å²) in [5, 5.41) is 30.8. The maximum absolute atomic E-state index is 9.80. The number of anilines is 1. The van der Waals surface area contributed by atoms with Gasteiger partial charge in [0.1, 0.15) is 17.8 Å². The molecule has 1 aromatic carbocycles. The van der Waals surface area contributed by atoms with Gasteiger partial charge in [0.25, 0.3) is 0 Å². The number of benzene rings is 1. The number of hydrazone groups is 1. The van der Waals surface area contributed by atoms with Crippen LogP contribution < -0.4 is 10.2 Å². The van der Waals surface area contributed by atoms with Crippen LogP contribution in [-0.2, 0) is 9.47 Å². The lowest BCUT2D eigenvalue weighted by Gasteiger charge is -2.19. The molecule has 21 heavy (non-hydrogen) atoms. The Bertz CT molecular complexity index is 596. The second kappa shape index (κ2) is 7.70. The Hall–Kier alpha value is -2.81. The molecule has 0 atom stereocenters. The molecule has 0 amide bonds. The molecular formula is C13H14N4O4. The van der Waals surface area contributed by atoms with Gasteiger partial charge >= 0.3 is 0 Å². The number of phenolic OH excluding ortho intramolecular Hbond substituents is 1. The van der Waals surface area contributed by atoms with Crippen molar-refractivity contribution in [3.63, 3.8) is 0 Å². The molecule has 8 nitrogen and oxygen atoms in total. The van der Waals surface area contributed by atoms with Crippen LogP contribution in [0.15, 0.2) is 17.2 Å². The molecule has 0 aromatic heterocycles. The maximum atomic E-state index is 9.80. The van der Waals surface area contributed by atoms with E-state index in [4.69, 9.17) is 24.7 Å². The Labute approximate surface area is 121 Å². The van der Waals surface area contributed by atoms with Gasteiger partial charge in [-0.1, -0.05) is 0 Å². The second-order valence-corrected chi connectivity index (χ2v) is 3.68. The number of nitrogens with zero attached hydrogens (tertiary/aromatic N) is 3. The highest BCUT2D eigenvalue weighted by atomic mass is 16.7. The molecule has 1 aromatic rings.